The van der Waals surface area contributed by atoms with Gasteiger partial charge in [0.15, 0.2) is 0 Å². The highest BCUT2D eigenvalue weighted by molar-refractivity contribution is 6.30. The first-order chi connectivity index (χ1) is 10.6. The summed E-state index contributed by atoms with van der Waals surface area (Å²) in [5.41, 5.74) is 1.54. The second-order valence-corrected chi connectivity index (χ2v) is 5.53. The van der Waals surface area contributed by atoms with E-state index in [9.17, 15) is 4.79 Å². The quantitative estimate of drug-likeness (QED) is 0.815. The molecular weight excluding hydrogens is 298 g/mol. The largest absolute Gasteiger partial charge is 0.334 e. The predicted octanol–water partition coefficient (Wildman–Crippen LogP) is 3.74. The molecule has 1 amide bonds. The molecule has 116 valence electrons. The van der Waals surface area contributed by atoms with Gasteiger partial charge in [-0.1, -0.05) is 37.6 Å². The molecule has 0 aliphatic carbocycles. The smallest absolute Gasteiger partial charge is 0.257 e. The molecule has 1 aromatic heterocycles. The molecule has 0 spiro atoms. The van der Waals surface area contributed by atoms with E-state index in [1.54, 1.807) is 17.3 Å². The molecule has 4 nitrogen and oxygen atoms in total. The van der Waals surface area contributed by atoms with Gasteiger partial charge in [-0.15, -0.1) is 0 Å². The second-order valence-electron chi connectivity index (χ2n) is 5.10. The summed E-state index contributed by atoms with van der Waals surface area (Å²) >= 11 is 6.01. The number of carbonyl (C=O) groups excluding carboxylic acids is 1. The Morgan fingerprint density at radius 2 is 1.95 bits per heavy atom. The first-order valence-corrected chi connectivity index (χ1v) is 7.86. The van der Waals surface area contributed by atoms with Crippen LogP contribution >= 0.6 is 11.6 Å². The van der Waals surface area contributed by atoms with Crippen LogP contribution in [0.3, 0.4) is 0 Å². The van der Waals surface area contributed by atoms with Crippen molar-refractivity contribution in [3.8, 4) is 0 Å². The standard InChI is InChI=1S/C17H20ClN3O/c1-3-8-21(12-13-6-5-7-15(18)9-13)17(22)14-10-19-16(4-2)20-11-14/h5-7,9-11H,3-4,8,12H2,1-2H3. The fraction of sp³-hybridized carbons (Fsp3) is 0.353. The van der Waals surface area contributed by atoms with Crippen LogP contribution in [0.1, 0.15) is 42.0 Å². The summed E-state index contributed by atoms with van der Waals surface area (Å²) in [6.07, 6.45) is 4.86. The van der Waals surface area contributed by atoms with E-state index in [1.165, 1.54) is 0 Å². The third-order valence-corrected chi connectivity index (χ3v) is 3.55. The summed E-state index contributed by atoms with van der Waals surface area (Å²) in [7, 11) is 0. The van der Waals surface area contributed by atoms with Crippen LogP contribution in [0.25, 0.3) is 0 Å². The Hall–Kier alpha value is -1.94. The number of carbonyl (C=O) groups is 1. The van der Waals surface area contributed by atoms with Crippen LogP contribution < -0.4 is 0 Å². The van der Waals surface area contributed by atoms with Gasteiger partial charge < -0.3 is 4.90 Å². The van der Waals surface area contributed by atoms with Crippen LogP contribution in [0.2, 0.25) is 5.02 Å². The molecule has 0 unspecified atom stereocenters. The van der Waals surface area contributed by atoms with Gasteiger partial charge in [0.1, 0.15) is 5.82 Å². The molecule has 0 N–H and O–H groups in total. The van der Waals surface area contributed by atoms with Crippen molar-refractivity contribution in [3.63, 3.8) is 0 Å². The molecule has 0 aliphatic rings. The summed E-state index contributed by atoms with van der Waals surface area (Å²) in [4.78, 5) is 22.8. The van der Waals surface area contributed by atoms with Crippen molar-refractivity contribution in [1.82, 2.24) is 14.9 Å². The molecule has 2 aromatic rings. The van der Waals surface area contributed by atoms with E-state index in [0.29, 0.717) is 23.7 Å². The maximum Gasteiger partial charge on any atom is 0.257 e. The second kappa shape index (κ2) is 7.90. The molecule has 1 heterocycles. The third-order valence-electron chi connectivity index (χ3n) is 3.31. The predicted molar refractivity (Wildman–Crippen MR) is 87.9 cm³/mol. The number of hydrogen-bond acceptors (Lipinski definition) is 3. The van der Waals surface area contributed by atoms with Crippen LogP contribution in [0.15, 0.2) is 36.7 Å². The van der Waals surface area contributed by atoms with Crippen LogP contribution in [-0.4, -0.2) is 27.3 Å². The zero-order valence-electron chi connectivity index (χ0n) is 12.9. The number of amides is 1. The number of benzene rings is 1. The van der Waals surface area contributed by atoms with Crippen LogP contribution in [-0.2, 0) is 13.0 Å². The van der Waals surface area contributed by atoms with Gasteiger partial charge in [0, 0.05) is 36.9 Å². The minimum atomic E-state index is -0.0514. The SMILES string of the molecule is CCCN(Cc1cccc(Cl)c1)C(=O)c1cnc(CC)nc1. The van der Waals surface area contributed by atoms with E-state index < -0.39 is 0 Å². The lowest BCUT2D eigenvalue weighted by atomic mass is 10.2. The van der Waals surface area contributed by atoms with Crippen molar-refractivity contribution < 1.29 is 4.79 Å². The van der Waals surface area contributed by atoms with Crippen molar-refractivity contribution in [2.24, 2.45) is 0 Å². The molecule has 0 bridgehead atoms. The Bertz CT molecular complexity index is 628. The molecule has 0 radical (unpaired) electrons. The molecule has 0 atom stereocenters. The lowest BCUT2D eigenvalue weighted by Crippen LogP contribution is -2.31. The maximum absolute atomic E-state index is 12.6. The fourth-order valence-electron chi connectivity index (χ4n) is 2.21. The molecule has 5 heteroatoms. The topological polar surface area (TPSA) is 46.1 Å². The lowest BCUT2D eigenvalue weighted by Gasteiger charge is -2.22. The first-order valence-electron chi connectivity index (χ1n) is 7.48. The van der Waals surface area contributed by atoms with Gasteiger partial charge in [0.2, 0.25) is 0 Å². The van der Waals surface area contributed by atoms with Crippen molar-refractivity contribution in [2.45, 2.75) is 33.2 Å². The first kappa shape index (κ1) is 16.4. The number of aryl methyl sites for hydroxylation is 1. The number of nitrogens with zero attached hydrogens (tertiary/aromatic N) is 3. The number of halogens is 1. The zero-order chi connectivity index (χ0) is 15.9. The minimum Gasteiger partial charge on any atom is -0.334 e. The Morgan fingerprint density at radius 3 is 2.55 bits per heavy atom. The van der Waals surface area contributed by atoms with E-state index in [1.807, 2.05) is 31.2 Å². The average Bonchev–Trinajstić information content (AvgIpc) is 2.54. The van der Waals surface area contributed by atoms with Crippen molar-refractivity contribution in [3.05, 3.63) is 58.6 Å². The monoisotopic (exact) mass is 317 g/mol. The normalized spacial score (nSPS) is 10.5. The third kappa shape index (κ3) is 4.28. The number of rotatable bonds is 6. The highest BCUT2D eigenvalue weighted by Crippen LogP contribution is 2.14. The molecule has 0 fully saturated rings. The Labute approximate surface area is 136 Å². The van der Waals surface area contributed by atoms with Crippen LogP contribution in [0, 0.1) is 0 Å². The summed E-state index contributed by atoms with van der Waals surface area (Å²) in [6, 6.07) is 7.58. The molecule has 22 heavy (non-hydrogen) atoms. The minimum absolute atomic E-state index is 0.0514. The van der Waals surface area contributed by atoms with Crippen molar-refractivity contribution in [1.29, 1.82) is 0 Å². The number of hydrogen-bond donors (Lipinski definition) is 0. The van der Waals surface area contributed by atoms with Gasteiger partial charge in [0.05, 0.1) is 5.56 Å². The van der Waals surface area contributed by atoms with E-state index in [2.05, 4.69) is 16.9 Å². The molecule has 0 saturated carbocycles. The summed E-state index contributed by atoms with van der Waals surface area (Å²) in [5, 5.41) is 0.678. The number of aromatic nitrogens is 2. The van der Waals surface area contributed by atoms with Gasteiger partial charge in [0.25, 0.3) is 5.91 Å². The summed E-state index contributed by atoms with van der Waals surface area (Å²) in [5.74, 6) is 0.693. The Morgan fingerprint density at radius 1 is 1.23 bits per heavy atom. The molecule has 1 aromatic carbocycles. The van der Waals surface area contributed by atoms with Crippen LogP contribution in [0.5, 0.6) is 0 Å². The van der Waals surface area contributed by atoms with Gasteiger partial charge in [-0.25, -0.2) is 9.97 Å². The van der Waals surface area contributed by atoms with Crippen molar-refractivity contribution in [2.75, 3.05) is 6.54 Å². The van der Waals surface area contributed by atoms with Gasteiger partial charge in [-0.2, -0.15) is 0 Å². The van der Waals surface area contributed by atoms with Crippen molar-refractivity contribution >= 4 is 17.5 Å². The van der Waals surface area contributed by atoms with E-state index >= 15 is 0 Å². The molecule has 2 rings (SSSR count). The highest BCUT2D eigenvalue weighted by Gasteiger charge is 2.16. The lowest BCUT2D eigenvalue weighted by molar-refractivity contribution is 0.0742. The van der Waals surface area contributed by atoms with E-state index in [0.717, 1.165) is 24.2 Å². The molecular formula is C17H20ClN3O. The van der Waals surface area contributed by atoms with Gasteiger partial charge in [-0.05, 0) is 24.1 Å². The Kier molecular flexibility index (Phi) is 5.90. The maximum atomic E-state index is 12.6. The van der Waals surface area contributed by atoms with E-state index in [4.69, 9.17) is 11.6 Å². The van der Waals surface area contributed by atoms with Crippen LogP contribution in [0.4, 0.5) is 0 Å². The summed E-state index contributed by atoms with van der Waals surface area (Å²) in [6.45, 7) is 5.25. The van der Waals surface area contributed by atoms with Gasteiger partial charge >= 0.3 is 0 Å². The Balaban J connectivity index is 2.16. The highest BCUT2D eigenvalue weighted by atomic mass is 35.5. The van der Waals surface area contributed by atoms with Gasteiger partial charge in [-0.3, -0.25) is 4.79 Å². The molecule has 0 aliphatic heterocycles. The zero-order valence-corrected chi connectivity index (χ0v) is 13.7. The fourth-order valence-corrected chi connectivity index (χ4v) is 2.42. The average molecular weight is 318 g/mol. The summed E-state index contributed by atoms with van der Waals surface area (Å²) < 4.78 is 0. The molecule has 0 saturated heterocycles. The van der Waals surface area contributed by atoms with E-state index in [-0.39, 0.29) is 5.91 Å².